The highest BCUT2D eigenvalue weighted by molar-refractivity contribution is 5.73. The van der Waals surface area contributed by atoms with E-state index in [1.54, 1.807) is 0 Å². The Hall–Kier alpha value is -1.56. The maximum Gasteiger partial charge on any atom is 0.416 e. The Morgan fingerprint density at radius 1 is 1.37 bits per heavy atom. The second kappa shape index (κ2) is 5.21. The minimum atomic E-state index is -4.36. The summed E-state index contributed by atoms with van der Waals surface area (Å²) in [5.41, 5.74) is -0.112. The van der Waals surface area contributed by atoms with Gasteiger partial charge in [-0.3, -0.25) is 0 Å². The van der Waals surface area contributed by atoms with E-state index in [0.717, 1.165) is 18.6 Å². The van der Waals surface area contributed by atoms with Gasteiger partial charge in [0.2, 0.25) is 5.89 Å². The molecule has 0 radical (unpaired) electrons. The van der Waals surface area contributed by atoms with Crippen molar-refractivity contribution >= 4 is 11.1 Å². The van der Waals surface area contributed by atoms with Crippen molar-refractivity contribution in [3.05, 3.63) is 29.7 Å². The summed E-state index contributed by atoms with van der Waals surface area (Å²) in [6.45, 7) is 4.47. The Morgan fingerprint density at radius 2 is 2.11 bits per heavy atom. The third-order valence-corrected chi connectivity index (χ3v) is 2.97. The predicted molar refractivity (Wildman–Crippen MR) is 65.6 cm³/mol. The summed E-state index contributed by atoms with van der Waals surface area (Å²) in [5.74, 6) is 0.398. The van der Waals surface area contributed by atoms with Crippen molar-refractivity contribution in [3.8, 4) is 0 Å². The third kappa shape index (κ3) is 3.26. The molecule has 0 spiro atoms. The number of alkyl halides is 3. The summed E-state index contributed by atoms with van der Waals surface area (Å²) in [7, 11) is 0. The van der Waals surface area contributed by atoms with Crippen molar-refractivity contribution in [2.24, 2.45) is 0 Å². The molecular weight excluding hydrogens is 257 g/mol. The third-order valence-electron chi connectivity index (χ3n) is 2.97. The second-order valence-corrected chi connectivity index (χ2v) is 4.48. The van der Waals surface area contributed by atoms with E-state index >= 15 is 0 Å². The van der Waals surface area contributed by atoms with E-state index < -0.39 is 11.7 Å². The van der Waals surface area contributed by atoms with E-state index in [4.69, 9.17) is 4.42 Å². The summed E-state index contributed by atoms with van der Waals surface area (Å²) < 4.78 is 43.0. The highest BCUT2D eigenvalue weighted by atomic mass is 19.4. The van der Waals surface area contributed by atoms with Crippen molar-refractivity contribution in [2.45, 2.75) is 39.0 Å². The number of rotatable bonds is 4. The fourth-order valence-corrected chi connectivity index (χ4v) is 1.63. The van der Waals surface area contributed by atoms with Gasteiger partial charge in [0, 0.05) is 6.04 Å². The summed E-state index contributed by atoms with van der Waals surface area (Å²) in [6.07, 6.45) is -3.40. The monoisotopic (exact) mass is 272 g/mol. The summed E-state index contributed by atoms with van der Waals surface area (Å²) in [5, 5.41) is 3.18. The first kappa shape index (κ1) is 13.9. The molecule has 2 aromatic rings. The molecule has 0 aliphatic carbocycles. The lowest BCUT2D eigenvalue weighted by Crippen LogP contribution is -2.24. The van der Waals surface area contributed by atoms with E-state index in [9.17, 15) is 13.2 Å². The molecule has 104 valence electrons. The number of nitrogens with one attached hydrogen (secondary N) is 1. The number of fused-ring (bicyclic) bond motifs is 1. The van der Waals surface area contributed by atoms with Crippen molar-refractivity contribution in [1.29, 1.82) is 0 Å². The molecule has 0 amide bonds. The Kier molecular flexibility index (Phi) is 3.80. The lowest BCUT2D eigenvalue weighted by atomic mass is 10.2. The van der Waals surface area contributed by atoms with Crippen molar-refractivity contribution in [3.63, 3.8) is 0 Å². The van der Waals surface area contributed by atoms with Gasteiger partial charge in [0.1, 0.15) is 5.52 Å². The topological polar surface area (TPSA) is 38.1 Å². The fraction of sp³-hybridized carbons (Fsp3) is 0.462. The molecule has 0 bridgehead atoms. The summed E-state index contributed by atoms with van der Waals surface area (Å²) >= 11 is 0. The van der Waals surface area contributed by atoms with Gasteiger partial charge in [0.15, 0.2) is 5.58 Å². The predicted octanol–water partition coefficient (Wildman–Crippen LogP) is 3.73. The van der Waals surface area contributed by atoms with Gasteiger partial charge in [0.25, 0.3) is 0 Å². The van der Waals surface area contributed by atoms with Gasteiger partial charge in [-0.25, -0.2) is 4.98 Å². The Labute approximate surface area is 108 Å². The standard InChI is InChI=1S/C13H15F3N2O/c1-3-8(2)17-7-12-18-10-6-9(13(14,15)16)4-5-11(10)19-12/h4-6,8,17H,3,7H2,1-2H3. The van der Waals surface area contributed by atoms with Gasteiger partial charge >= 0.3 is 6.18 Å². The number of hydrogen-bond donors (Lipinski definition) is 1. The van der Waals surface area contributed by atoms with E-state index in [1.165, 1.54) is 6.07 Å². The van der Waals surface area contributed by atoms with Crippen LogP contribution >= 0.6 is 0 Å². The highest BCUT2D eigenvalue weighted by Gasteiger charge is 2.30. The molecule has 0 saturated heterocycles. The maximum atomic E-state index is 12.6. The van der Waals surface area contributed by atoms with Gasteiger partial charge in [-0.2, -0.15) is 13.2 Å². The number of nitrogens with zero attached hydrogens (tertiary/aromatic N) is 1. The van der Waals surface area contributed by atoms with Crippen LogP contribution in [0.5, 0.6) is 0 Å². The molecule has 1 aromatic heterocycles. The van der Waals surface area contributed by atoms with Crippen LogP contribution in [0.4, 0.5) is 13.2 Å². The number of halogens is 3. The average molecular weight is 272 g/mol. The first-order chi connectivity index (χ1) is 8.90. The Balaban J connectivity index is 2.21. The van der Waals surface area contributed by atoms with Crippen LogP contribution in [0.1, 0.15) is 31.7 Å². The quantitative estimate of drug-likeness (QED) is 0.921. The molecule has 3 nitrogen and oxygen atoms in total. The van der Waals surface area contributed by atoms with Gasteiger partial charge < -0.3 is 9.73 Å². The summed E-state index contributed by atoms with van der Waals surface area (Å²) in [6, 6.07) is 3.61. The van der Waals surface area contributed by atoms with E-state index in [-0.39, 0.29) is 5.52 Å². The first-order valence-electron chi connectivity index (χ1n) is 6.10. The first-order valence-corrected chi connectivity index (χ1v) is 6.10. The average Bonchev–Trinajstić information content (AvgIpc) is 2.76. The lowest BCUT2D eigenvalue weighted by molar-refractivity contribution is -0.137. The van der Waals surface area contributed by atoms with E-state index in [2.05, 4.69) is 10.3 Å². The second-order valence-electron chi connectivity index (χ2n) is 4.48. The Morgan fingerprint density at radius 3 is 2.74 bits per heavy atom. The van der Waals surface area contributed by atoms with Crippen LogP contribution in [0.3, 0.4) is 0 Å². The molecule has 1 aromatic carbocycles. The van der Waals surface area contributed by atoms with Crippen molar-refractivity contribution < 1.29 is 17.6 Å². The molecule has 0 aliphatic rings. The van der Waals surface area contributed by atoms with Crippen molar-refractivity contribution in [1.82, 2.24) is 10.3 Å². The zero-order valence-corrected chi connectivity index (χ0v) is 10.7. The van der Waals surface area contributed by atoms with Crippen LogP contribution < -0.4 is 5.32 Å². The number of hydrogen-bond acceptors (Lipinski definition) is 3. The normalized spacial score (nSPS) is 13.9. The fourth-order valence-electron chi connectivity index (χ4n) is 1.63. The smallest absolute Gasteiger partial charge is 0.416 e. The molecule has 1 unspecified atom stereocenters. The van der Waals surface area contributed by atoms with Crippen LogP contribution in [0.15, 0.2) is 22.6 Å². The highest BCUT2D eigenvalue weighted by Crippen LogP contribution is 2.31. The van der Waals surface area contributed by atoms with Crippen LogP contribution in [0.25, 0.3) is 11.1 Å². The molecule has 1 atom stereocenters. The van der Waals surface area contributed by atoms with Gasteiger partial charge in [-0.15, -0.1) is 0 Å². The van der Waals surface area contributed by atoms with Gasteiger partial charge in [-0.1, -0.05) is 6.92 Å². The van der Waals surface area contributed by atoms with Gasteiger partial charge in [0.05, 0.1) is 12.1 Å². The number of aromatic nitrogens is 1. The minimum Gasteiger partial charge on any atom is -0.439 e. The zero-order valence-electron chi connectivity index (χ0n) is 10.7. The maximum absolute atomic E-state index is 12.6. The molecule has 0 saturated carbocycles. The molecule has 6 heteroatoms. The van der Waals surface area contributed by atoms with Crippen LogP contribution in [0.2, 0.25) is 0 Å². The Bertz CT molecular complexity index is 563. The van der Waals surface area contributed by atoms with Crippen LogP contribution in [-0.2, 0) is 12.7 Å². The molecule has 0 aliphatic heterocycles. The number of oxazole rings is 1. The largest absolute Gasteiger partial charge is 0.439 e. The molecule has 0 fully saturated rings. The molecule has 19 heavy (non-hydrogen) atoms. The lowest BCUT2D eigenvalue weighted by Gasteiger charge is -2.07. The SMILES string of the molecule is CCC(C)NCc1nc2cc(C(F)(F)F)ccc2o1. The zero-order chi connectivity index (χ0) is 14.0. The molecule has 1 N–H and O–H groups in total. The minimum absolute atomic E-state index is 0.232. The van der Waals surface area contributed by atoms with Crippen LogP contribution in [-0.4, -0.2) is 11.0 Å². The molecule has 1 heterocycles. The van der Waals surface area contributed by atoms with Gasteiger partial charge in [-0.05, 0) is 31.5 Å². The van der Waals surface area contributed by atoms with Crippen LogP contribution in [0, 0.1) is 0 Å². The molecule has 2 rings (SSSR count). The van der Waals surface area contributed by atoms with E-state index in [1.807, 2.05) is 13.8 Å². The van der Waals surface area contributed by atoms with Crippen molar-refractivity contribution in [2.75, 3.05) is 0 Å². The van der Waals surface area contributed by atoms with E-state index in [0.29, 0.717) is 24.1 Å². The number of benzene rings is 1. The molecular formula is C13H15F3N2O. The summed E-state index contributed by atoms with van der Waals surface area (Å²) in [4.78, 5) is 4.06.